The quantitative estimate of drug-likeness (QED) is 0.300. The van der Waals surface area contributed by atoms with Gasteiger partial charge in [-0.1, -0.05) is 49.3 Å². The summed E-state index contributed by atoms with van der Waals surface area (Å²) in [5.74, 6) is -2.93. The van der Waals surface area contributed by atoms with E-state index in [0.29, 0.717) is 17.4 Å². The van der Waals surface area contributed by atoms with Gasteiger partial charge in [-0.25, -0.2) is 4.79 Å². The van der Waals surface area contributed by atoms with Crippen molar-refractivity contribution in [2.75, 3.05) is 6.61 Å². The molecule has 0 amide bonds. The number of carbonyl (C=O) groups excluding carboxylic acids is 1. The molecule has 3 N–H and O–H groups in total. The van der Waals surface area contributed by atoms with Crippen molar-refractivity contribution in [1.29, 1.82) is 0 Å². The second-order valence-electron chi connectivity index (χ2n) is 10.9. The number of carboxylic acid groups (broad SMARTS) is 2. The van der Waals surface area contributed by atoms with Crippen LogP contribution in [0, 0.1) is 29.6 Å². The van der Waals surface area contributed by atoms with Crippen molar-refractivity contribution >= 4 is 17.7 Å². The number of allylic oxidation sites excluding steroid dienone is 4. The zero-order chi connectivity index (χ0) is 29.1. The van der Waals surface area contributed by atoms with Crippen LogP contribution in [0.2, 0.25) is 0 Å². The maximum absolute atomic E-state index is 14.2. The molecule has 0 spiro atoms. The molecule has 0 unspecified atom stereocenters. The summed E-state index contributed by atoms with van der Waals surface area (Å²) in [6, 6.07) is 6.06. The van der Waals surface area contributed by atoms with E-state index < -0.39 is 53.7 Å². The average Bonchev–Trinajstić information content (AvgIpc) is 2.90. The molecule has 0 radical (unpaired) electrons. The number of ether oxygens (including phenoxy) is 1. The van der Waals surface area contributed by atoms with Crippen molar-refractivity contribution < 1.29 is 34.4 Å². The summed E-state index contributed by atoms with van der Waals surface area (Å²) in [5.41, 5.74) is 0.317. The molecule has 9 heteroatoms. The molecular formula is C31H35NO8. The number of aromatic hydroxyl groups is 1. The highest BCUT2D eigenvalue weighted by atomic mass is 16.5. The van der Waals surface area contributed by atoms with Crippen LogP contribution in [0.3, 0.4) is 0 Å². The van der Waals surface area contributed by atoms with Crippen LogP contribution in [0.5, 0.6) is 11.5 Å². The van der Waals surface area contributed by atoms with Gasteiger partial charge in [0, 0.05) is 17.7 Å². The Morgan fingerprint density at radius 3 is 2.42 bits per heavy atom. The summed E-state index contributed by atoms with van der Waals surface area (Å²) in [7, 11) is 0. The van der Waals surface area contributed by atoms with Gasteiger partial charge in [0.25, 0.3) is 5.56 Å². The van der Waals surface area contributed by atoms with Gasteiger partial charge >= 0.3 is 11.9 Å². The average molecular weight is 550 g/mol. The number of aromatic nitrogens is 1. The summed E-state index contributed by atoms with van der Waals surface area (Å²) in [4.78, 5) is 50.0. The summed E-state index contributed by atoms with van der Waals surface area (Å²) >= 11 is 0. The number of carboxylic acids is 2. The minimum Gasteiger partial charge on any atom is -0.506 e. The summed E-state index contributed by atoms with van der Waals surface area (Å²) < 4.78 is 6.08. The molecular weight excluding hydrogens is 514 g/mol. The van der Waals surface area contributed by atoms with Gasteiger partial charge in [0.05, 0.1) is 0 Å². The highest BCUT2D eigenvalue weighted by Gasteiger charge is 2.44. The van der Waals surface area contributed by atoms with Crippen molar-refractivity contribution in [2.24, 2.45) is 29.6 Å². The molecule has 0 aliphatic heterocycles. The number of hydrogen-bond acceptors (Lipinski definition) is 6. The number of nitrogens with zero attached hydrogens (tertiary/aromatic N) is 1. The Morgan fingerprint density at radius 1 is 1.10 bits per heavy atom. The predicted molar refractivity (Wildman–Crippen MR) is 148 cm³/mol. The predicted octanol–water partition coefficient (Wildman–Crippen LogP) is 4.77. The largest absolute Gasteiger partial charge is 0.506 e. The van der Waals surface area contributed by atoms with Gasteiger partial charge in [0.2, 0.25) is 0 Å². The molecule has 5 atom stereocenters. The third-order valence-electron chi connectivity index (χ3n) is 8.15. The normalized spacial score (nSPS) is 24.3. The van der Waals surface area contributed by atoms with Gasteiger partial charge in [0.15, 0.2) is 12.4 Å². The summed E-state index contributed by atoms with van der Waals surface area (Å²) in [6.07, 6.45) is 10.2. The van der Waals surface area contributed by atoms with E-state index in [9.17, 15) is 29.4 Å². The van der Waals surface area contributed by atoms with E-state index in [1.165, 1.54) is 30.5 Å². The number of hydrogen-bond donors (Lipinski definition) is 3. The molecule has 1 aromatic carbocycles. The van der Waals surface area contributed by atoms with Crippen LogP contribution in [-0.4, -0.2) is 44.2 Å². The maximum atomic E-state index is 14.2. The smallest absolute Gasteiger partial charge is 0.341 e. The molecule has 2 aromatic rings. The van der Waals surface area contributed by atoms with Crippen LogP contribution in [0.4, 0.5) is 0 Å². The van der Waals surface area contributed by atoms with Crippen molar-refractivity contribution in [2.45, 2.75) is 46.6 Å². The first-order chi connectivity index (χ1) is 19.0. The molecule has 0 saturated heterocycles. The Morgan fingerprint density at radius 2 is 1.80 bits per heavy atom. The number of pyridine rings is 1. The van der Waals surface area contributed by atoms with Crippen LogP contribution in [0.15, 0.2) is 59.1 Å². The van der Waals surface area contributed by atoms with Crippen molar-refractivity contribution in [1.82, 2.24) is 4.57 Å². The van der Waals surface area contributed by atoms with E-state index in [1.54, 1.807) is 0 Å². The van der Waals surface area contributed by atoms with E-state index >= 15 is 0 Å². The zero-order valence-corrected chi connectivity index (χ0v) is 22.9. The van der Waals surface area contributed by atoms with Gasteiger partial charge in [0.1, 0.15) is 23.6 Å². The fraction of sp³-hybridized carbons (Fsp3) is 0.419. The molecule has 2 aliphatic carbocycles. The minimum atomic E-state index is -1.27. The Kier molecular flexibility index (Phi) is 8.61. The molecule has 0 bridgehead atoms. The number of ketones is 1. The van der Waals surface area contributed by atoms with E-state index in [1.807, 2.05) is 32.1 Å². The molecule has 9 nitrogen and oxygen atoms in total. The van der Waals surface area contributed by atoms with Gasteiger partial charge < -0.3 is 24.6 Å². The summed E-state index contributed by atoms with van der Waals surface area (Å²) in [5, 5.41) is 29.6. The lowest BCUT2D eigenvalue weighted by molar-refractivity contribution is -0.139. The lowest BCUT2D eigenvalue weighted by Gasteiger charge is -2.45. The lowest BCUT2D eigenvalue weighted by atomic mass is 9.59. The van der Waals surface area contributed by atoms with Crippen LogP contribution in [0.1, 0.15) is 50.4 Å². The van der Waals surface area contributed by atoms with Crippen molar-refractivity contribution in [3.63, 3.8) is 0 Å². The fourth-order valence-corrected chi connectivity index (χ4v) is 6.33. The van der Waals surface area contributed by atoms with Crippen LogP contribution >= 0.6 is 0 Å². The minimum absolute atomic E-state index is 0.109. The van der Waals surface area contributed by atoms with E-state index in [0.717, 1.165) is 29.4 Å². The van der Waals surface area contributed by atoms with Crippen molar-refractivity contribution in [3.05, 3.63) is 70.2 Å². The SMILES string of the molecule is C/C=C/[C@@H]1[C@H]2C[C@@H](C)CC[C@@H]2C(C)=C[C@H]1C(=O)c1c(O)c(-c2ccc(OCC(=O)O)cc2)cn(CC(=O)O)c1=O. The number of Topliss-reactive ketones (excluding diaryl/α,β-unsaturated/α-hetero) is 1. The Hall–Kier alpha value is -4.14. The zero-order valence-electron chi connectivity index (χ0n) is 22.9. The van der Waals surface area contributed by atoms with Gasteiger partial charge in [-0.3, -0.25) is 14.4 Å². The number of fused-ring (bicyclic) bond motifs is 1. The first kappa shape index (κ1) is 28.9. The van der Waals surface area contributed by atoms with Crippen molar-refractivity contribution in [3.8, 4) is 22.6 Å². The third-order valence-corrected chi connectivity index (χ3v) is 8.15. The molecule has 1 heterocycles. The first-order valence-corrected chi connectivity index (χ1v) is 13.5. The molecule has 40 heavy (non-hydrogen) atoms. The second kappa shape index (κ2) is 11.9. The number of aliphatic carboxylic acids is 2. The third kappa shape index (κ3) is 5.88. The van der Waals surface area contributed by atoms with Crippen LogP contribution in [-0.2, 0) is 16.1 Å². The number of carbonyl (C=O) groups is 3. The monoisotopic (exact) mass is 549 g/mol. The van der Waals surface area contributed by atoms with E-state index in [4.69, 9.17) is 9.84 Å². The van der Waals surface area contributed by atoms with E-state index in [2.05, 4.69) is 6.92 Å². The molecule has 2 aliphatic rings. The van der Waals surface area contributed by atoms with Crippen LogP contribution < -0.4 is 10.3 Å². The molecule has 1 saturated carbocycles. The standard InChI is InChI=1S/C31H35NO8/c1-4-5-22-23-12-17(2)6-11-21(23)18(3)13-24(22)29(37)28-30(38)25(14-32(31(28)39)15-26(33)34)19-7-9-20(10-8-19)40-16-27(35)36/h4-5,7-10,13-14,17,21-24,38H,6,11-12,15-16H2,1-3H3,(H,33,34)(H,35,36)/b5-4+/t17-,21+,22+,23-,24+/m0/s1. The van der Waals surface area contributed by atoms with Gasteiger partial charge in [-0.2, -0.15) is 0 Å². The maximum Gasteiger partial charge on any atom is 0.341 e. The number of benzene rings is 1. The summed E-state index contributed by atoms with van der Waals surface area (Å²) in [6.45, 7) is 4.91. The first-order valence-electron chi connectivity index (χ1n) is 13.5. The lowest BCUT2D eigenvalue weighted by Crippen LogP contribution is -2.41. The van der Waals surface area contributed by atoms with Gasteiger partial charge in [-0.15, -0.1) is 0 Å². The van der Waals surface area contributed by atoms with Gasteiger partial charge in [-0.05, 0) is 68.1 Å². The highest BCUT2D eigenvalue weighted by Crippen LogP contribution is 2.49. The molecule has 212 valence electrons. The highest BCUT2D eigenvalue weighted by molar-refractivity contribution is 6.03. The van der Waals surface area contributed by atoms with Crippen LogP contribution in [0.25, 0.3) is 11.1 Å². The molecule has 1 aromatic heterocycles. The topological polar surface area (TPSA) is 143 Å². The Bertz CT molecular complexity index is 1420. The molecule has 1 fully saturated rings. The Labute approximate surface area is 232 Å². The Balaban J connectivity index is 1.82. The molecule has 4 rings (SSSR count). The number of rotatable bonds is 9. The second-order valence-corrected chi connectivity index (χ2v) is 10.9. The fourth-order valence-electron chi connectivity index (χ4n) is 6.33. The van der Waals surface area contributed by atoms with E-state index in [-0.39, 0.29) is 23.1 Å².